The van der Waals surface area contributed by atoms with Gasteiger partial charge < -0.3 is 9.47 Å². The molecule has 0 aliphatic heterocycles. The summed E-state index contributed by atoms with van der Waals surface area (Å²) >= 11 is 0. The second-order valence-corrected chi connectivity index (χ2v) is 9.51. The fourth-order valence-electron chi connectivity index (χ4n) is 3.82. The van der Waals surface area contributed by atoms with Crippen LogP contribution in [0.2, 0.25) is 0 Å². The quantitative estimate of drug-likeness (QED) is 0.143. The number of hydrogen-bond donors (Lipinski definition) is 0. The molecule has 0 saturated heterocycles. The van der Waals surface area contributed by atoms with Gasteiger partial charge in [-0.1, -0.05) is 145 Å². The molecule has 2 heteroatoms. The second kappa shape index (κ2) is 24.2. The molecule has 0 aliphatic carbocycles. The van der Waals surface area contributed by atoms with Gasteiger partial charge in [0.25, 0.3) is 0 Å². The van der Waals surface area contributed by atoms with Crippen molar-refractivity contribution in [2.75, 3.05) is 13.2 Å². The first-order chi connectivity index (χ1) is 17.8. The molecule has 0 saturated carbocycles. The van der Waals surface area contributed by atoms with E-state index in [4.69, 9.17) is 9.47 Å². The lowest BCUT2D eigenvalue weighted by Gasteiger charge is -2.05. The summed E-state index contributed by atoms with van der Waals surface area (Å²) in [5.41, 5.74) is 3.63. The lowest BCUT2D eigenvalue weighted by molar-refractivity contribution is 0.241. The van der Waals surface area contributed by atoms with Crippen LogP contribution in [-0.2, 0) is 9.47 Å². The van der Waals surface area contributed by atoms with Crippen molar-refractivity contribution in [2.24, 2.45) is 0 Å². The van der Waals surface area contributed by atoms with Crippen LogP contribution in [0, 0.1) is 0 Å². The Bertz CT molecular complexity index is 764. The van der Waals surface area contributed by atoms with Gasteiger partial charge in [-0.3, -0.25) is 0 Å². The van der Waals surface area contributed by atoms with Gasteiger partial charge in [0.05, 0.1) is 25.7 Å². The fourth-order valence-corrected chi connectivity index (χ4v) is 3.82. The highest BCUT2D eigenvalue weighted by Gasteiger charge is 1.95. The summed E-state index contributed by atoms with van der Waals surface area (Å²) in [5, 5.41) is 0. The van der Waals surface area contributed by atoms with Crippen LogP contribution < -0.4 is 0 Å². The van der Waals surface area contributed by atoms with E-state index in [1.807, 2.05) is 36.6 Å². The maximum Gasteiger partial charge on any atom is 0.0873 e. The lowest BCUT2D eigenvalue weighted by Crippen LogP contribution is -1.90. The zero-order valence-corrected chi connectivity index (χ0v) is 23.4. The van der Waals surface area contributed by atoms with E-state index in [1.54, 1.807) is 6.26 Å². The first-order valence-electron chi connectivity index (χ1n) is 14.4. The third kappa shape index (κ3) is 18.8. The first kappa shape index (κ1) is 31.5. The maximum absolute atomic E-state index is 5.66. The molecule has 0 atom stereocenters. The van der Waals surface area contributed by atoms with Crippen molar-refractivity contribution in [3.8, 4) is 0 Å². The topological polar surface area (TPSA) is 18.5 Å². The predicted molar refractivity (Wildman–Crippen MR) is 159 cm³/mol. The van der Waals surface area contributed by atoms with Crippen molar-refractivity contribution < 1.29 is 9.47 Å². The molecule has 0 heterocycles. The lowest BCUT2D eigenvalue weighted by atomic mass is 10.1. The summed E-state index contributed by atoms with van der Waals surface area (Å²) in [6.45, 7) is 8.25. The standard InChI is InChI=1S/C21H34O.C13H18O/c1-3-4-5-6-7-8-9-10-11-15-18-22-19-20(2)21-16-13-12-14-17-21;1-2-3-7-11-14-12-10-13-8-5-4-6-9-13/h12-14,16-17,19H,3-11,15,18H2,1-2H3;4-6,8-10,12H,2-3,7,11H2,1H3. The molecule has 2 aromatic rings. The molecule has 0 fully saturated rings. The first-order valence-corrected chi connectivity index (χ1v) is 14.4. The molecule has 2 aromatic carbocycles. The zero-order chi connectivity index (χ0) is 25.9. The van der Waals surface area contributed by atoms with Gasteiger partial charge in [0.15, 0.2) is 0 Å². The van der Waals surface area contributed by atoms with E-state index in [1.165, 1.54) is 93.7 Å². The molecule has 0 amide bonds. The van der Waals surface area contributed by atoms with E-state index >= 15 is 0 Å². The molecule has 0 N–H and O–H groups in total. The molecule has 0 aliphatic rings. The molecule has 36 heavy (non-hydrogen) atoms. The Morgan fingerprint density at radius 2 is 1.06 bits per heavy atom. The molecule has 0 unspecified atom stereocenters. The maximum atomic E-state index is 5.66. The molecule has 2 rings (SSSR count). The van der Waals surface area contributed by atoms with Crippen LogP contribution in [0.25, 0.3) is 11.6 Å². The average Bonchev–Trinajstić information content (AvgIpc) is 2.92. The highest BCUT2D eigenvalue weighted by Crippen LogP contribution is 2.13. The molecule has 0 spiro atoms. The van der Waals surface area contributed by atoms with Crippen molar-refractivity contribution in [1.82, 2.24) is 0 Å². The normalized spacial score (nSPS) is 11.2. The third-order valence-corrected chi connectivity index (χ3v) is 6.13. The van der Waals surface area contributed by atoms with E-state index in [0.717, 1.165) is 19.6 Å². The number of ether oxygens (including phenoxy) is 2. The Balaban J connectivity index is 0.000000397. The Morgan fingerprint density at radius 3 is 1.67 bits per heavy atom. The second-order valence-electron chi connectivity index (χ2n) is 9.51. The van der Waals surface area contributed by atoms with E-state index in [9.17, 15) is 0 Å². The summed E-state index contributed by atoms with van der Waals surface area (Å²) in [6.07, 6.45) is 23.0. The van der Waals surface area contributed by atoms with Gasteiger partial charge >= 0.3 is 0 Å². The summed E-state index contributed by atoms with van der Waals surface area (Å²) in [4.78, 5) is 0. The summed E-state index contributed by atoms with van der Waals surface area (Å²) in [5.74, 6) is 0. The van der Waals surface area contributed by atoms with Crippen molar-refractivity contribution >= 4 is 11.6 Å². The number of rotatable bonds is 19. The van der Waals surface area contributed by atoms with Crippen LogP contribution in [0.5, 0.6) is 0 Å². The number of hydrogen-bond acceptors (Lipinski definition) is 2. The molecule has 0 bridgehead atoms. The Kier molecular flexibility index (Phi) is 21.2. The van der Waals surface area contributed by atoms with Gasteiger partial charge in [-0.05, 0) is 42.5 Å². The third-order valence-electron chi connectivity index (χ3n) is 6.13. The molecule has 2 nitrogen and oxygen atoms in total. The van der Waals surface area contributed by atoms with Crippen molar-refractivity contribution in [1.29, 1.82) is 0 Å². The van der Waals surface area contributed by atoms with Gasteiger partial charge in [0.2, 0.25) is 0 Å². The van der Waals surface area contributed by atoms with Crippen LogP contribution >= 0.6 is 0 Å². The molecular weight excluding hydrogens is 440 g/mol. The van der Waals surface area contributed by atoms with Crippen LogP contribution in [-0.4, -0.2) is 13.2 Å². The number of benzene rings is 2. The van der Waals surface area contributed by atoms with Crippen molar-refractivity contribution in [3.63, 3.8) is 0 Å². The molecule has 200 valence electrons. The van der Waals surface area contributed by atoms with Gasteiger partial charge in [-0.15, -0.1) is 0 Å². The number of allylic oxidation sites excluding steroid dienone is 1. The minimum atomic E-state index is 0.831. The van der Waals surface area contributed by atoms with Gasteiger partial charge in [0.1, 0.15) is 0 Å². The van der Waals surface area contributed by atoms with Crippen LogP contribution in [0.4, 0.5) is 0 Å². The minimum Gasteiger partial charge on any atom is -0.501 e. The summed E-state index contributed by atoms with van der Waals surface area (Å²) < 4.78 is 11.0. The van der Waals surface area contributed by atoms with E-state index in [2.05, 4.69) is 57.2 Å². The molecule has 0 aromatic heterocycles. The Labute approximate surface area is 222 Å². The zero-order valence-electron chi connectivity index (χ0n) is 23.4. The SMILES string of the molecule is CCCCCCCCCCCCOC=C(C)c1ccccc1.CCCCCOC=Cc1ccccc1. The van der Waals surface area contributed by atoms with Crippen molar-refractivity contribution in [2.45, 2.75) is 104 Å². The Morgan fingerprint density at radius 1 is 0.583 bits per heavy atom. The fraction of sp³-hybridized carbons (Fsp3) is 0.529. The molecular formula is C34H52O2. The number of unbranched alkanes of at least 4 members (excludes halogenated alkanes) is 11. The highest BCUT2D eigenvalue weighted by atomic mass is 16.5. The van der Waals surface area contributed by atoms with Crippen LogP contribution in [0.1, 0.15) is 115 Å². The minimum absolute atomic E-state index is 0.831. The van der Waals surface area contributed by atoms with E-state index in [-0.39, 0.29) is 0 Å². The van der Waals surface area contributed by atoms with Crippen LogP contribution in [0.15, 0.2) is 73.2 Å². The monoisotopic (exact) mass is 492 g/mol. The van der Waals surface area contributed by atoms with E-state index in [0.29, 0.717) is 0 Å². The van der Waals surface area contributed by atoms with Crippen molar-refractivity contribution in [3.05, 3.63) is 84.3 Å². The van der Waals surface area contributed by atoms with E-state index < -0.39 is 0 Å². The van der Waals surface area contributed by atoms with Gasteiger partial charge in [-0.25, -0.2) is 0 Å². The Hall–Kier alpha value is -2.48. The average molecular weight is 493 g/mol. The van der Waals surface area contributed by atoms with Gasteiger partial charge in [-0.2, -0.15) is 0 Å². The predicted octanol–water partition coefficient (Wildman–Crippen LogP) is 10.8. The van der Waals surface area contributed by atoms with Crippen LogP contribution in [0.3, 0.4) is 0 Å². The molecule has 0 radical (unpaired) electrons. The van der Waals surface area contributed by atoms with Gasteiger partial charge in [0, 0.05) is 0 Å². The largest absolute Gasteiger partial charge is 0.501 e. The smallest absolute Gasteiger partial charge is 0.0873 e. The summed E-state index contributed by atoms with van der Waals surface area (Å²) in [6, 6.07) is 20.6. The summed E-state index contributed by atoms with van der Waals surface area (Å²) in [7, 11) is 0. The highest BCUT2D eigenvalue weighted by molar-refractivity contribution is 5.62.